The van der Waals surface area contributed by atoms with Crippen molar-refractivity contribution in [1.82, 2.24) is 25.2 Å². The van der Waals surface area contributed by atoms with E-state index in [1.54, 1.807) is 11.7 Å². The molecule has 0 spiro atoms. The first kappa shape index (κ1) is 23.3. The maximum Gasteiger partial charge on any atom is 0.263 e. The molecule has 7 nitrogen and oxygen atoms in total. The van der Waals surface area contributed by atoms with Crippen LogP contribution in [-0.4, -0.2) is 44.9 Å². The zero-order valence-electron chi connectivity index (χ0n) is 20.2. The molecule has 5 aromatic rings. The van der Waals surface area contributed by atoms with Gasteiger partial charge in [0.25, 0.3) is 5.91 Å². The van der Waals surface area contributed by atoms with Gasteiger partial charge >= 0.3 is 0 Å². The van der Waals surface area contributed by atoms with Gasteiger partial charge in [0.05, 0.1) is 34.1 Å². The highest BCUT2D eigenvalue weighted by molar-refractivity contribution is 7.11. The Morgan fingerprint density at radius 1 is 0.973 bits per heavy atom. The van der Waals surface area contributed by atoms with Crippen molar-refractivity contribution in [3.63, 3.8) is 0 Å². The Kier molecular flexibility index (Phi) is 6.34. The highest BCUT2D eigenvalue weighted by Gasteiger charge is 2.24. The van der Waals surface area contributed by atoms with Crippen LogP contribution in [0.1, 0.15) is 21.7 Å². The summed E-state index contributed by atoms with van der Waals surface area (Å²) in [4.78, 5) is 29.3. The van der Waals surface area contributed by atoms with Gasteiger partial charge in [-0.15, -0.1) is 11.3 Å². The Labute approximate surface area is 219 Å². The van der Waals surface area contributed by atoms with Crippen LogP contribution in [0.2, 0.25) is 0 Å². The van der Waals surface area contributed by atoms with Gasteiger partial charge in [0, 0.05) is 42.5 Å². The molecular formula is C29H26N6OS. The smallest absolute Gasteiger partial charge is 0.263 e. The molecule has 0 aliphatic carbocycles. The SMILES string of the molecule is Nc1ccc2nc(-c3ccccc3)c(-c3ccc(CN4CCC(NC(=O)c5cncs5)C4)cc3)nc2c1. The van der Waals surface area contributed by atoms with E-state index in [-0.39, 0.29) is 11.9 Å². The van der Waals surface area contributed by atoms with Crippen molar-refractivity contribution in [2.24, 2.45) is 0 Å². The molecule has 1 aliphatic heterocycles. The number of nitrogens with one attached hydrogen (secondary N) is 1. The number of hydrogen-bond acceptors (Lipinski definition) is 7. The molecule has 3 N–H and O–H groups in total. The molecule has 6 rings (SSSR count). The first-order valence-electron chi connectivity index (χ1n) is 12.3. The Morgan fingerprint density at radius 3 is 2.49 bits per heavy atom. The Morgan fingerprint density at radius 2 is 1.73 bits per heavy atom. The lowest BCUT2D eigenvalue weighted by atomic mass is 10.0. The minimum atomic E-state index is -0.0360. The van der Waals surface area contributed by atoms with Crippen LogP contribution < -0.4 is 11.1 Å². The van der Waals surface area contributed by atoms with Crippen LogP contribution in [0.4, 0.5) is 5.69 Å². The van der Waals surface area contributed by atoms with Crippen LogP contribution in [-0.2, 0) is 6.54 Å². The summed E-state index contributed by atoms with van der Waals surface area (Å²) >= 11 is 1.37. The monoisotopic (exact) mass is 506 g/mol. The molecule has 0 radical (unpaired) electrons. The number of fused-ring (bicyclic) bond motifs is 1. The molecule has 184 valence electrons. The highest BCUT2D eigenvalue weighted by atomic mass is 32.1. The summed E-state index contributed by atoms with van der Waals surface area (Å²) in [6, 6.07) is 24.5. The zero-order valence-corrected chi connectivity index (χ0v) is 21.0. The van der Waals surface area contributed by atoms with Gasteiger partial charge in [-0.05, 0) is 30.2 Å². The lowest BCUT2D eigenvalue weighted by molar-refractivity contribution is 0.0941. The number of amides is 1. The number of carbonyl (C=O) groups is 1. The Balaban J connectivity index is 1.21. The number of hydrogen-bond donors (Lipinski definition) is 2. The number of nitrogens with two attached hydrogens (primary N) is 1. The van der Waals surface area contributed by atoms with E-state index in [1.165, 1.54) is 16.9 Å². The second kappa shape index (κ2) is 10.1. The molecule has 1 unspecified atom stereocenters. The minimum Gasteiger partial charge on any atom is -0.399 e. The molecule has 1 aliphatic rings. The van der Waals surface area contributed by atoms with Crippen molar-refractivity contribution < 1.29 is 4.79 Å². The zero-order chi connectivity index (χ0) is 25.2. The second-order valence-electron chi connectivity index (χ2n) is 9.29. The fourth-order valence-corrected chi connectivity index (χ4v) is 5.30. The first-order valence-corrected chi connectivity index (χ1v) is 13.1. The van der Waals surface area contributed by atoms with Crippen molar-refractivity contribution in [3.05, 3.63) is 94.9 Å². The normalized spacial score (nSPS) is 15.7. The molecule has 1 atom stereocenters. The van der Waals surface area contributed by atoms with E-state index in [1.807, 2.05) is 36.4 Å². The summed E-state index contributed by atoms with van der Waals surface area (Å²) in [5, 5.41) is 3.13. The average molecular weight is 507 g/mol. The highest BCUT2D eigenvalue weighted by Crippen LogP contribution is 2.31. The number of aromatic nitrogens is 3. The van der Waals surface area contributed by atoms with Gasteiger partial charge in [-0.3, -0.25) is 14.7 Å². The molecule has 0 bridgehead atoms. The van der Waals surface area contributed by atoms with Gasteiger partial charge in [-0.2, -0.15) is 0 Å². The van der Waals surface area contributed by atoms with Crippen LogP contribution in [0.3, 0.4) is 0 Å². The molecule has 3 heterocycles. The van der Waals surface area contributed by atoms with Gasteiger partial charge in [-0.1, -0.05) is 54.6 Å². The van der Waals surface area contributed by atoms with Crippen molar-refractivity contribution in [1.29, 1.82) is 0 Å². The second-order valence-corrected chi connectivity index (χ2v) is 10.2. The van der Waals surface area contributed by atoms with E-state index < -0.39 is 0 Å². The van der Waals surface area contributed by atoms with Crippen LogP contribution >= 0.6 is 11.3 Å². The number of nitrogen functional groups attached to an aromatic ring is 1. The summed E-state index contributed by atoms with van der Waals surface area (Å²) < 4.78 is 0. The molecule has 37 heavy (non-hydrogen) atoms. The maximum absolute atomic E-state index is 12.4. The maximum atomic E-state index is 12.4. The Hall–Kier alpha value is -4.14. The van der Waals surface area contributed by atoms with E-state index in [9.17, 15) is 4.79 Å². The fraction of sp³-hybridized carbons (Fsp3) is 0.172. The van der Waals surface area contributed by atoms with E-state index in [0.717, 1.165) is 59.6 Å². The van der Waals surface area contributed by atoms with Gasteiger partial charge in [0.15, 0.2) is 0 Å². The fourth-order valence-electron chi connectivity index (χ4n) is 4.77. The van der Waals surface area contributed by atoms with Gasteiger partial charge in [0.1, 0.15) is 4.88 Å². The molecule has 1 amide bonds. The van der Waals surface area contributed by atoms with E-state index in [2.05, 4.69) is 51.6 Å². The van der Waals surface area contributed by atoms with Crippen LogP contribution in [0, 0.1) is 0 Å². The molecule has 1 saturated heterocycles. The predicted octanol–water partition coefficient (Wildman–Crippen LogP) is 5.01. The number of benzene rings is 3. The summed E-state index contributed by atoms with van der Waals surface area (Å²) in [5.41, 5.74) is 14.9. The van der Waals surface area contributed by atoms with Crippen molar-refractivity contribution in [2.45, 2.75) is 19.0 Å². The summed E-state index contributed by atoms with van der Waals surface area (Å²) in [7, 11) is 0. The number of anilines is 1. The molecule has 3 aromatic carbocycles. The quantitative estimate of drug-likeness (QED) is 0.314. The first-order chi connectivity index (χ1) is 18.1. The van der Waals surface area contributed by atoms with Crippen LogP contribution in [0.15, 0.2) is 84.5 Å². The molecule has 8 heteroatoms. The number of likely N-dealkylation sites (tertiary alicyclic amines) is 1. The van der Waals surface area contributed by atoms with E-state index >= 15 is 0 Å². The van der Waals surface area contributed by atoms with Crippen molar-refractivity contribution in [2.75, 3.05) is 18.8 Å². The third-order valence-electron chi connectivity index (χ3n) is 6.63. The van der Waals surface area contributed by atoms with Gasteiger partial charge in [0.2, 0.25) is 0 Å². The molecule has 1 fully saturated rings. The summed E-state index contributed by atoms with van der Waals surface area (Å²) in [6.45, 7) is 2.62. The number of nitrogens with zero attached hydrogens (tertiary/aromatic N) is 4. The molecule has 0 saturated carbocycles. The van der Waals surface area contributed by atoms with Crippen LogP contribution in [0.5, 0.6) is 0 Å². The third-order valence-corrected chi connectivity index (χ3v) is 7.40. The predicted molar refractivity (Wildman–Crippen MR) is 148 cm³/mol. The summed E-state index contributed by atoms with van der Waals surface area (Å²) in [6.07, 6.45) is 2.56. The van der Waals surface area contributed by atoms with Crippen LogP contribution in [0.25, 0.3) is 33.5 Å². The number of rotatable bonds is 6. The Bertz CT molecular complexity index is 1540. The lowest BCUT2D eigenvalue weighted by Gasteiger charge is -2.17. The van der Waals surface area contributed by atoms with Crippen molar-refractivity contribution >= 4 is 34.0 Å². The summed E-state index contributed by atoms with van der Waals surface area (Å²) in [5.74, 6) is -0.0360. The van der Waals surface area contributed by atoms with E-state index in [4.69, 9.17) is 15.7 Å². The average Bonchev–Trinajstić information content (AvgIpc) is 3.62. The van der Waals surface area contributed by atoms with E-state index in [0.29, 0.717) is 10.6 Å². The number of carbonyl (C=O) groups excluding carboxylic acids is 1. The van der Waals surface area contributed by atoms with Gasteiger partial charge < -0.3 is 11.1 Å². The number of thiazole rings is 1. The largest absolute Gasteiger partial charge is 0.399 e. The van der Waals surface area contributed by atoms with Gasteiger partial charge in [-0.25, -0.2) is 9.97 Å². The standard InChI is InChI=1S/C29H26N6OS/c30-22-10-11-24-25(14-22)34-28(27(33-24)20-4-2-1-3-5-20)21-8-6-19(7-9-21)16-35-13-12-23(17-35)32-29(36)26-15-31-18-37-26/h1-11,14-15,18,23H,12-13,16-17,30H2,(H,32,36). The molecular weight excluding hydrogens is 480 g/mol. The minimum absolute atomic E-state index is 0.0360. The van der Waals surface area contributed by atoms with Crippen molar-refractivity contribution in [3.8, 4) is 22.5 Å². The molecule has 2 aromatic heterocycles. The lowest BCUT2D eigenvalue weighted by Crippen LogP contribution is -2.36. The third kappa shape index (κ3) is 5.07. The topological polar surface area (TPSA) is 97.0 Å².